The molecule has 4 nitrogen and oxygen atoms in total. The van der Waals surface area contributed by atoms with Gasteiger partial charge in [0.1, 0.15) is 0 Å². The molecular formula is C16H33N3O. The van der Waals surface area contributed by atoms with Crippen LogP contribution in [0, 0.1) is 0 Å². The van der Waals surface area contributed by atoms with Crippen molar-refractivity contribution in [3.05, 3.63) is 0 Å². The maximum atomic E-state index is 12.6. The summed E-state index contributed by atoms with van der Waals surface area (Å²) >= 11 is 0. The molecule has 1 amide bonds. The monoisotopic (exact) mass is 283 g/mol. The number of rotatable bonds is 8. The molecule has 0 unspecified atom stereocenters. The Morgan fingerprint density at radius 3 is 2.45 bits per heavy atom. The molecule has 20 heavy (non-hydrogen) atoms. The van der Waals surface area contributed by atoms with E-state index in [1.807, 2.05) is 14.1 Å². The minimum Gasteiger partial charge on any atom is -0.336 e. The summed E-state index contributed by atoms with van der Waals surface area (Å²) < 4.78 is 0. The van der Waals surface area contributed by atoms with Crippen LogP contribution in [0.3, 0.4) is 0 Å². The molecule has 0 aliphatic heterocycles. The minimum absolute atomic E-state index is 0.304. The molecule has 0 aromatic rings. The highest BCUT2D eigenvalue weighted by molar-refractivity contribution is 5.78. The van der Waals surface area contributed by atoms with E-state index < -0.39 is 0 Å². The van der Waals surface area contributed by atoms with E-state index in [-0.39, 0.29) is 0 Å². The summed E-state index contributed by atoms with van der Waals surface area (Å²) in [4.78, 5) is 16.9. The van der Waals surface area contributed by atoms with Crippen LogP contribution in [-0.2, 0) is 4.79 Å². The van der Waals surface area contributed by atoms with E-state index in [2.05, 4.69) is 29.0 Å². The van der Waals surface area contributed by atoms with E-state index >= 15 is 0 Å². The molecule has 1 saturated carbocycles. The molecule has 0 aromatic carbocycles. The van der Waals surface area contributed by atoms with Gasteiger partial charge in [0.05, 0.1) is 6.54 Å². The van der Waals surface area contributed by atoms with Gasteiger partial charge in [0.25, 0.3) is 0 Å². The highest BCUT2D eigenvalue weighted by atomic mass is 16.2. The lowest BCUT2D eigenvalue weighted by Gasteiger charge is -2.38. The Kier molecular flexibility index (Phi) is 8.15. The third kappa shape index (κ3) is 5.80. The normalized spacial score (nSPS) is 16.9. The molecule has 1 fully saturated rings. The van der Waals surface area contributed by atoms with Gasteiger partial charge < -0.3 is 10.2 Å². The fourth-order valence-electron chi connectivity index (χ4n) is 3.19. The van der Waals surface area contributed by atoms with Crippen LogP contribution in [0.15, 0.2) is 0 Å². The first kappa shape index (κ1) is 17.4. The molecule has 0 heterocycles. The zero-order chi connectivity index (χ0) is 15.0. The van der Waals surface area contributed by atoms with Crippen LogP contribution in [0.4, 0.5) is 0 Å². The van der Waals surface area contributed by atoms with Crippen molar-refractivity contribution < 1.29 is 4.79 Å². The van der Waals surface area contributed by atoms with Crippen LogP contribution in [0.5, 0.6) is 0 Å². The van der Waals surface area contributed by atoms with Gasteiger partial charge in [0, 0.05) is 12.1 Å². The standard InChI is InChI=1S/C16H33N3O/c1-14(2)19(15-9-6-5-7-10-15)16(20)13-18(4)12-8-11-17-3/h14-15,17H,5-13H2,1-4H3. The molecule has 0 spiro atoms. The summed E-state index contributed by atoms with van der Waals surface area (Å²) in [6, 6.07) is 0.790. The molecule has 1 aliphatic rings. The molecule has 0 atom stereocenters. The Labute approximate surface area is 124 Å². The number of nitrogens with one attached hydrogen (secondary N) is 1. The van der Waals surface area contributed by atoms with Gasteiger partial charge in [-0.1, -0.05) is 19.3 Å². The first-order valence-corrected chi connectivity index (χ1v) is 8.20. The van der Waals surface area contributed by atoms with Crippen molar-refractivity contribution in [3.8, 4) is 0 Å². The van der Waals surface area contributed by atoms with Gasteiger partial charge in [0.15, 0.2) is 0 Å². The quantitative estimate of drug-likeness (QED) is 0.693. The Morgan fingerprint density at radius 2 is 1.90 bits per heavy atom. The lowest BCUT2D eigenvalue weighted by molar-refractivity contribution is -0.137. The predicted molar refractivity (Wildman–Crippen MR) is 84.9 cm³/mol. The van der Waals surface area contributed by atoms with Crippen LogP contribution in [0.2, 0.25) is 0 Å². The molecule has 1 rings (SSSR count). The largest absolute Gasteiger partial charge is 0.336 e. The van der Waals surface area contributed by atoms with Gasteiger partial charge >= 0.3 is 0 Å². The lowest BCUT2D eigenvalue weighted by Crippen LogP contribution is -2.49. The van der Waals surface area contributed by atoms with Gasteiger partial charge in [-0.05, 0) is 60.3 Å². The van der Waals surface area contributed by atoms with Crippen molar-refractivity contribution in [1.29, 1.82) is 0 Å². The fourth-order valence-corrected chi connectivity index (χ4v) is 3.19. The summed E-state index contributed by atoms with van der Waals surface area (Å²) in [5.41, 5.74) is 0. The van der Waals surface area contributed by atoms with E-state index in [1.165, 1.54) is 32.1 Å². The molecule has 0 saturated heterocycles. The molecule has 118 valence electrons. The highest BCUT2D eigenvalue weighted by Gasteiger charge is 2.27. The van der Waals surface area contributed by atoms with Crippen molar-refractivity contribution >= 4 is 5.91 Å². The molecule has 1 N–H and O–H groups in total. The van der Waals surface area contributed by atoms with Crippen molar-refractivity contribution in [2.45, 2.75) is 64.5 Å². The maximum absolute atomic E-state index is 12.6. The van der Waals surface area contributed by atoms with Crippen molar-refractivity contribution in [3.63, 3.8) is 0 Å². The van der Waals surface area contributed by atoms with Crippen molar-refractivity contribution in [2.24, 2.45) is 0 Å². The Hall–Kier alpha value is -0.610. The Balaban J connectivity index is 2.46. The van der Waals surface area contributed by atoms with Gasteiger partial charge in [-0.25, -0.2) is 0 Å². The number of carbonyl (C=O) groups is 1. The molecular weight excluding hydrogens is 250 g/mol. The summed E-state index contributed by atoms with van der Waals surface area (Å²) in [6.45, 7) is 6.83. The summed E-state index contributed by atoms with van der Waals surface area (Å²) in [5, 5.41) is 3.15. The topological polar surface area (TPSA) is 35.6 Å². The molecule has 0 aromatic heterocycles. The number of hydrogen-bond acceptors (Lipinski definition) is 3. The fraction of sp³-hybridized carbons (Fsp3) is 0.938. The number of nitrogens with zero attached hydrogens (tertiary/aromatic N) is 2. The van der Waals surface area contributed by atoms with Gasteiger partial charge in [0.2, 0.25) is 5.91 Å². The third-order valence-electron chi connectivity index (χ3n) is 4.18. The van der Waals surface area contributed by atoms with E-state index in [0.29, 0.717) is 24.5 Å². The van der Waals surface area contributed by atoms with Crippen LogP contribution in [-0.4, -0.2) is 61.5 Å². The van der Waals surface area contributed by atoms with Gasteiger partial charge in [-0.15, -0.1) is 0 Å². The SMILES string of the molecule is CNCCCN(C)CC(=O)N(C(C)C)C1CCCCC1. The van der Waals surface area contributed by atoms with Crippen LogP contribution >= 0.6 is 0 Å². The van der Waals surface area contributed by atoms with Gasteiger partial charge in [-0.2, -0.15) is 0 Å². The third-order valence-corrected chi connectivity index (χ3v) is 4.18. The first-order chi connectivity index (χ1) is 9.56. The van der Waals surface area contributed by atoms with Crippen LogP contribution < -0.4 is 5.32 Å². The molecule has 4 heteroatoms. The number of hydrogen-bond donors (Lipinski definition) is 1. The highest BCUT2D eigenvalue weighted by Crippen LogP contribution is 2.24. The van der Waals surface area contributed by atoms with E-state index in [1.54, 1.807) is 0 Å². The van der Waals surface area contributed by atoms with Crippen LogP contribution in [0.1, 0.15) is 52.4 Å². The average Bonchev–Trinajstić information content (AvgIpc) is 2.39. The van der Waals surface area contributed by atoms with E-state index in [4.69, 9.17) is 0 Å². The molecule has 0 bridgehead atoms. The number of amides is 1. The van der Waals surface area contributed by atoms with Crippen LogP contribution in [0.25, 0.3) is 0 Å². The zero-order valence-electron chi connectivity index (χ0n) is 13.8. The summed E-state index contributed by atoms with van der Waals surface area (Å²) in [6.07, 6.45) is 7.35. The first-order valence-electron chi connectivity index (χ1n) is 8.20. The second-order valence-corrected chi connectivity index (χ2v) is 6.38. The smallest absolute Gasteiger partial charge is 0.237 e. The second-order valence-electron chi connectivity index (χ2n) is 6.38. The van der Waals surface area contributed by atoms with Gasteiger partial charge in [-0.3, -0.25) is 9.69 Å². The second kappa shape index (κ2) is 9.35. The predicted octanol–water partition coefficient (Wildman–Crippen LogP) is 2.10. The summed E-state index contributed by atoms with van der Waals surface area (Å²) in [7, 11) is 4.02. The van der Waals surface area contributed by atoms with Crippen molar-refractivity contribution in [1.82, 2.24) is 15.1 Å². The van der Waals surface area contributed by atoms with E-state index in [0.717, 1.165) is 19.5 Å². The maximum Gasteiger partial charge on any atom is 0.237 e. The zero-order valence-corrected chi connectivity index (χ0v) is 13.8. The Morgan fingerprint density at radius 1 is 1.25 bits per heavy atom. The molecule has 1 aliphatic carbocycles. The number of likely N-dealkylation sites (N-methyl/N-ethyl adjacent to an activating group) is 1. The van der Waals surface area contributed by atoms with Crippen molar-refractivity contribution in [2.75, 3.05) is 33.7 Å². The minimum atomic E-state index is 0.304. The lowest BCUT2D eigenvalue weighted by atomic mass is 9.93. The average molecular weight is 283 g/mol. The van der Waals surface area contributed by atoms with E-state index in [9.17, 15) is 4.79 Å². The molecule has 0 radical (unpaired) electrons. The number of carbonyl (C=O) groups excluding carboxylic acids is 1. The summed E-state index contributed by atoms with van der Waals surface area (Å²) in [5.74, 6) is 0.304. The Bertz CT molecular complexity index is 275.